The minimum absolute atomic E-state index is 0.00259. The molecule has 2 aliphatic rings. The largest absolute Gasteiger partial charge is 0.466 e. The van der Waals surface area contributed by atoms with Crippen molar-refractivity contribution in [2.24, 2.45) is 5.92 Å². The molecule has 0 aromatic heterocycles. The fraction of sp³-hybridized carbons (Fsp3) is 0.889. The minimum Gasteiger partial charge on any atom is -0.466 e. The van der Waals surface area contributed by atoms with Gasteiger partial charge in [-0.05, 0) is 26.2 Å². The molecule has 0 spiro atoms. The first-order valence-electron chi connectivity index (χ1n) is 4.74. The number of hydrogen-bond acceptors (Lipinski definition) is 3. The lowest BCUT2D eigenvalue weighted by Gasteiger charge is -2.17. The van der Waals surface area contributed by atoms with Crippen LogP contribution in [0.1, 0.15) is 26.2 Å². The Morgan fingerprint density at radius 2 is 2.42 bits per heavy atom. The molecule has 3 nitrogen and oxygen atoms in total. The van der Waals surface area contributed by atoms with Crippen molar-refractivity contribution >= 4 is 5.97 Å². The summed E-state index contributed by atoms with van der Waals surface area (Å²) < 4.78 is 5.00. The van der Waals surface area contributed by atoms with Gasteiger partial charge in [-0.1, -0.05) is 0 Å². The quantitative estimate of drug-likeness (QED) is 0.618. The first-order chi connectivity index (χ1) is 5.81. The van der Waals surface area contributed by atoms with E-state index in [-0.39, 0.29) is 11.9 Å². The second-order valence-electron chi connectivity index (χ2n) is 3.64. The molecular weight excluding hydrogens is 154 g/mol. The van der Waals surface area contributed by atoms with Crippen molar-refractivity contribution in [2.45, 2.75) is 38.3 Å². The molecule has 0 saturated carbocycles. The first kappa shape index (κ1) is 8.05. The minimum atomic E-state index is -0.00259. The fourth-order valence-corrected chi connectivity index (χ4v) is 2.33. The van der Waals surface area contributed by atoms with E-state index in [1.807, 2.05) is 6.92 Å². The van der Waals surface area contributed by atoms with Gasteiger partial charge in [0.15, 0.2) is 0 Å². The van der Waals surface area contributed by atoms with Gasteiger partial charge in [-0.3, -0.25) is 4.79 Å². The summed E-state index contributed by atoms with van der Waals surface area (Å²) >= 11 is 0. The van der Waals surface area contributed by atoms with Crippen LogP contribution in [0.4, 0.5) is 0 Å². The van der Waals surface area contributed by atoms with Crippen molar-refractivity contribution in [2.75, 3.05) is 6.61 Å². The van der Waals surface area contributed by atoms with E-state index in [4.69, 9.17) is 4.74 Å². The van der Waals surface area contributed by atoms with Crippen LogP contribution in [-0.2, 0) is 9.53 Å². The molecule has 0 aliphatic carbocycles. The molecule has 0 aromatic rings. The van der Waals surface area contributed by atoms with Crippen LogP contribution >= 0.6 is 0 Å². The zero-order valence-corrected chi connectivity index (χ0v) is 7.38. The monoisotopic (exact) mass is 169 g/mol. The number of esters is 1. The van der Waals surface area contributed by atoms with E-state index in [0.29, 0.717) is 18.7 Å². The zero-order chi connectivity index (χ0) is 8.55. The SMILES string of the molecule is CCOC(=O)C1C[C@H]2CC[C@H]1N2. The maximum absolute atomic E-state index is 11.4. The van der Waals surface area contributed by atoms with Gasteiger partial charge in [0.2, 0.25) is 0 Å². The van der Waals surface area contributed by atoms with E-state index < -0.39 is 0 Å². The molecule has 2 saturated heterocycles. The Kier molecular flexibility index (Phi) is 2.05. The average molecular weight is 169 g/mol. The molecule has 3 heteroatoms. The van der Waals surface area contributed by atoms with E-state index in [0.717, 1.165) is 12.8 Å². The van der Waals surface area contributed by atoms with Gasteiger partial charge in [0.1, 0.15) is 0 Å². The number of nitrogens with one attached hydrogen (secondary N) is 1. The first-order valence-corrected chi connectivity index (χ1v) is 4.74. The molecule has 2 bridgehead atoms. The summed E-state index contributed by atoms with van der Waals surface area (Å²) in [6, 6.07) is 0.999. The lowest BCUT2D eigenvalue weighted by Crippen LogP contribution is -2.30. The topological polar surface area (TPSA) is 38.3 Å². The normalized spacial score (nSPS) is 38.6. The summed E-state index contributed by atoms with van der Waals surface area (Å²) in [6.45, 7) is 2.37. The van der Waals surface area contributed by atoms with Crippen LogP contribution in [-0.4, -0.2) is 24.7 Å². The molecule has 12 heavy (non-hydrogen) atoms. The summed E-state index contributed by atoms with van der Waals surface area (Å²) in [5.41, 5.74) is 0. The fourth-order valence-electron chi connectivity index (χ4n) is 2.33. The molecule has 0 amide bonds. The molecular formula is C9H15NO2. The van der Waals surface area contributed by atoms with Gasteiger partial charge in [-0.15, -0.1) is 0 Å². The predicted molar refractivity (Wildman–Crippen MR) is 44.7 cm³/mol. The Balaban J connectivity index is 1.93. The van der Waals surface area contributed by atoms with Crippen molar-refractivity contribution in [3.63, 3.8) is 0 Å². The smallest absolute Gasteiger partial charge is 0.310 e. The molecule has 1 N–H and O–H groups in total. The third-order valence-corrected chi connectivity index (χ3v) is 2.89. The Bertz CT molecular complexity index is 193. The Hall–Kier alpha value is -0.570. The molecule has 2 aliphatic heterocycles. The summed E-state index contributed by atoms with van der Waals surface area (Å²) in [5.74, 6) is 0.140. The number of carbonyl (C=O) groups excluding carboxylic acids is 1. The summed E-state index contributed by atoms with van der Waals surface area (Å²) in [6.07, 6.45) is 3.37. The highest BCUT2D eigenvalue weighted by Gasteiger charge is 2.43. The number of hydrogen-bond donors (Lipinski definition) is 1. The van der Waals surface area contributed by atoms with Gasteiger partial charge in [0.25, 0.3) is 0 Å². The second-order valence-corrected chi connectivity index (χ2v) is 3.64. The lowest BCUT2D eigenvalue weighted by molar-refractivity contribution is -0.148. The lowest BCUT2D eigenvalue weighted by atomic mass is 9.89. The van der Waals surface area contributed by atoms with Crippen LogP contribution in [0, 0.1) is 5.92 Å². The average Bonchev–Trinajstić information content (AvgIpc) is 2.64. The van der Waals surface area contributed by atoms with Gasteiger partial charge < -0.3 is 10.1 Å². The molecule has 2 fully saturated rings. The number of carbonyl (C=O) groups is 1. The van der Waals surface area contributed by atoms with E-state index in [1.54, 1.807) is 0 Å². The standard InChI is InChI=1S/C9H15NO2/c1-2-12-9(11)7-5-6-3-4-8(7)10-6/h6-8,10H,2-5H2,1H3/t6-,7?,8-/m1/s1. The van der Waals surface area contributed by atoms with Crippen LogP contribution in [0.15, 0.2) is 0 Å². The van der Waals surface area contributed by atoms with Crippen molar-refractivity contribution in [3.05, 3.63) is 0 Å². The molecule has 68 valence electrons. The third-order valence-electron chi connectivity index (χ3n) is 2.89. The van der Waals surface area contributed by atoms with Gasteiger partial charge in [0, 0.05) is 12.1 Å². The van der Waals surface area contributed by atoms with Crippen molar-refractivity contribution in [1.82, 2.24) is 5.32 Å². The molecule has 0 radical (unpaired) electrons. The predicted octanol–water partition coefficient (Wildman–Crippen LogP) is 0.690. The molecule has 2 rings (SSSR count). The highest BCUT2D eigenvalue weighted by molar-refractivity contribution is 5.74. The Morgan fingerprint density at radius 1 is 1.58 bits per heavy atom. The number of fused-ring (bicyclic) bond motifs is 2. The van der Waals surface area contributed by atoms with Crippen LogP contribution in [0.2, 0.25) is 0 Å². The second kappa shape index (κ2) is 3.05. The number of ether oxygens (including phenoxy) is 1. The summed E-state index contributed by atoms with van der Waals surface area (Å²) in [5, 5.41) is 3.42. The maximum Gasteiger partial charge on any atom is 0.310 e. The molecule has 2 heterocycles. The highest BCUT2D eigenvalue weighted by Crippen LogP contribution is 2.33. The molecule has 1 unspecified atom stereocenters. The van der Waals surface area contributed by atoms with Crippen LogP contribution < -0.4 is 5.32 Å². The van der Waals surface area contributed by atoms with Crippen molar-refractivity contribution in [3.8, 4) is 0 Å². The summed E-state index contributed by atoms with van der Waals surface area (Å²) in [4.78, 5) is 11.4. The van der Waals surface area contributed by atoms with E-state index in [2.05, 4.69) is 5.32 Å². The van der Waals surface area contributed by atoms with Gasteiger partial charge in [-0.2, -0.15) is 0 Å². The van der Waals surface area contributed by atoms with Crippen LogP contribution in [0.3, 0.4) is 0 Å². The maximum atomic E-state index is 11.4. The van der Waals surface area contributed by atoms with Gasteiger partial charge in [-0.25, -0.2) is 0 Å². The zero-order valence-electron chi connectivity index (χ0n) is 7.38. The summed E-state index contributed by atoms with van der Waals surface area (Å²) in [7, 11) is 0. The van der Waals surface area contributed by atoms with Crippen molar-refractivity contribution < 1.29 is 9.53 Å². The highest BCUT2D eigenvalue weighted by atomic mass is 16.5. The van der Waals surface area contributed by atoms with Crippen LogP contribution in [0.5, 0.6) is 0 Å². The van der Waals surface area contributed by atoms with Crippen LogP contribution in [0.25, 0.3) is 0 Å². The third kappa shape index (κ3) is 1.22. The molecule has 0 aromatic carbocycles. The van der Waals surface area contributed by atoms with E-state index in [1.165, 1.54) is 6.42 Å². The van der Waals surface area contributed by atoms with Crippen molar-refractivity contribution in [1.29, 1.82) is 0 Å². The van der Waals surface area contributed by atoms with E-state index in [9.17, 15) is 4.79 Å². The van der Waals surface area contributed by atoms with Gasteiger partial charge in [0.05, 0.1) is 12.5 Å². The molecule has 3 atom stereocenters. The Labute approximate surface area is 72.5 Å². The number of rotatable bonds is 2. The van der Waals surface area contributed by atoms with E-state index >= 15 is 0 Å². The Morgan fingerprint density at radius 3 is 2.92 bits per heavy atom. The van der Waals surface area contributed by atoms with Gasteiger partial charge >= 0.3 is 5.97 Å².